The van der Waals surface area contributed by atoms with E-state index < -0.39 is 11.0 Å². The number of phenols is 1. The standard InChI is InChI=1S/C15H16O4.C8H7N3O5/c1-8-3-4-10-12(18-7-8)6-13-14(15(10)17)11(16)5-9(2)19-13;12-8-10(3-4-15-8)9-5-6-1-2-7(16-6)11(13)14/h5-6,8,17H,3-4,7H2,1-2H3;1-2,5H,3-4H2. The van der Waals surface area contributed by atoms with Crippen LogP contribution in [0.1, 0.15) is 30.4 Å². The molecule has 0 bridgehead atoms. The van der Waals surface area contributed by atoms with Gasteiger partial charge in [-0.25, -0.2) is 4.79 Å². The van der Waals surface area contributed by atoms with E-state index in [9.17, 15) is 24.8 Å². The molecule has 3 aromatic rings. The molecule has 1 saturated heterocycles. The Balaban J connectivity index is 0.000000168. The number of carbonyl (C=O) groups is 1. The molecule has 1 N–H and O–H groups in total. The predicted octanol–water partition coefficient (Wildman–Crippen LogP) is 3.74. The summed E-state index contributed by atoms with van der Waals surface area (Å²) in [6.07, 6.45) is 2.33. The molecule has 0 radical (unpaired) electrons. The highest BCUT2D eigenvalue weighted by Gasteiger charge is 2.22. The topological polar surface area (TPSA) is 158 Å². The van der Waals surface area contributed by atoms with E-state index in [4.69, 9.17) is 13.6 Å². The lowest BCUT2D eigenvalue weighted by atomic mass is 10.00. The summed E-state index contributed by atoms with van der Waals surface area (Å²) < 4.78 is 20.7. The maximum atomic E-state index is 12.0. The number of amides is 1. The van der Waals surface area contributed by atoms with Crippen molar-refractivity contribution in [2.45, 2.75) is 26.7 Å². The van der Waals surface area contributed by atoms with E-state index in [1.54, 1.807) is 13.0 Å². The SMILES string of the molecule is Cc1cc(=O)c2c(O)c3c(cc2o1)OCC(C)CC3.O=C1OCCN1N=Cc1ccc([N+](=O)[O-])o1. The molecular weight excluding hydrogens is 462 g/mol. The van der Waals surface area contributed by atoms with Crippen molar-refractivity contribution in [3.05, 3.63) is 61.7 Å². The summed E-state index contributed by atoms with van der Waals surface area (Å²) in [4.78, 5) is 32.6. The first-order valence-electron chi connectivity index (χ1n) is 10.9. The van der Waals surface area contributed by atoms with Crippen molar-refractivity contribution in [2.75, 3.05) is 19.8 Å². The van der Waals surface area contributed by atoms with Crippen LogP contribution >= 0.6 is 0 Å². The number of phenolic OH excluding ortho intramolecular Hbond substituents is 1. The molecule has 4 heterocycles. The van der Waals surface area contributed by atoms with Gasteiger partial charge in [-0.3, -0.25) is 14.9 Å². The third-order valence-electron chi connectivity index (χ3n) is 5.45. The predicted molar refractivity (Wildman–Crippen MR) is 123 cm³/mol. The van der Waals surface area contributed by atoms with E-state index in [-0.39, 0.29) is 34.8 Å². The van der Waals surface area contributed by atoms with Gasteiger partial charge in [-0.2, -0.15) is 10.1 Å². The van der Waals surface area contributed by atoms with Crippen molar-refractivity contribution >= 4 is 29.2 Å². The van der Waals surface area contributed by atoms with Crippen molar-refractivity contribution in [2.24, 2.45) is 11.0 Å². The van der Waals surface area contributed by atoms with Gasteiger partial charge in [0, 0.05) is 17.7 Å². The third kappa shape index (κ3) is 5.26. The number of rotatable bonds is 3. The summed E-state index contributed by atoms with van der Waals surface area (Å²) in [6.45, 7) is 5.09. The van der Waals surface area contributed by atoms with Crippen LogP contribution in [0.15, 0.2) is 43.0 Å². The minimum Gasteiger partial charge on any atom is -0.507 e. The molecule has 2 aliphatic heterocycles. The highest BCUT2D eigenvalue weighted by molar-refractivity contribution is 5.87. The summed E-state index contributed by atoms with van der Waals surface area (Å²) in [7, 11) is 0. The molecule has 1 aromatic carbocycles. The summed E-state index contributed by atoms with van der Waals surface area (Å²) >= 11 is 0. The van der Waals surface area contributed by atoms with Gasteiger partial charge >= 0.3 is 12.0 Å². The summed E-state index contributed by atoms with van der Waals surface area (Å²) in [5.41, 5.74) is 0.889. The quantitative estimate of drug-likeness (QED) is 0.331. The Morgan fingerprint density at radius 3 is 2.71 bits per heavy atom. The molecule has 1 atom stereocenters. The highest BCUT2D eigenvalue weighted by atomic mass is 16.6. The number of cyclic esters (lactones) is 1. The zero-order valence-corrected chi connectivity index (χ0v) is 19.1. The average molecular weight is 485 g/mol. The fraction of sp³-hybridized carbons (Fsp3) is 0.348. The fourth-order valence-electron chi connectivity index (χ4n) is 3.64. The zero-order valence-electron chi connectivity index (χ0n) is 19.1. The first-order chi connectivity index (χ1) is 16.7. The van der Waals surface area contributed by atoms with Crippen molar-refractivity contribution in [3.8, 4) is 11.5 Å². The van der Waals surface area contributed by atoms with Gasteiger partial charge in [-0.1, -0.05) is 6.92 Å². The van der Waals surface area contributed by atoms with Gasteiger partial charge in [0.2, 0.25) is 0 Å². The molecule has 0 spiro atoms. The summed E-state index contributed by atoms with van der Waals surface area (Å²) in [6, 6.07) is 5.72. The van der Waals surface area contributed by atoms with Crippen molar-refractivity contribution in [1.82, 2.24) is 5.01 Å². The molecule has 2 aliphatic rings. The number of hydrogen-bond acceptors (Lipinski definition) is 10. The van der Waals surface area contributed by atoms with E-state index in [0.717, 1.165) is 11.4 Å². The molecular formula is C23H23N3O9. The molecule has 12 nitrogen and oxygen atoms in total. The van der Waals surface area contributed by atoms with Gasteiger partial charge < -0.3 is 23.4 Å². The van der Waals surface area contributed by atoms with Crippen LogP contribution in [-0.4, -0.2) is 47.1 Å². The molecule has 35 heavy (non-hydrogen) atoms. The molecule has 0 aliphatic carbocycles. The number of hydrazone groups is 1. The second-order valence-electron chi connectivity index (χ2n) is 8.17. The Labute approximate surface area is 198 Å². The van der Waals surface area contributed by atoms with Gasteiger partial charge in [0.25, 0.3) is 0 Å². The van der Waals surface area contributed by atoms with E-state index in [0.29, 0.717) is 48.1 Å². The number of hydrogen-bond donors (Lipinski definition) is 1. The Hall–Kier alpha value is -4.35. The Morgan fingerprint density at radius 2 is 2.03 bits per heavy atom. The average Bonchev–Trinajstić information content (AvgIpc) is 3.40. The molecule has 1 fully saturated rings. The maximum Gasteiger partial charge on any atom is 0.433 e. The fourth-order valence-corrected chi connectivity index (χ4v) is 3.64. The smallest absolute Gasteiger partial charge is 0.433 e. The van der Waals surface area contributed by atoms with Crippen LogP contribution in [0.4, 0.5) is 10.7 Å². The number of aryl methyl sites for hydroxylation is 1. The van der Waals surface area contributed by atoms with Crippen molar-refractivity contribution in [3.63, 3.8) is 0 Å². The lowest BCUT2D eigenvalue weighted by molar-refractivity contribution is -0.402. The van der Waals surface area contributed by atoms with Crippen LogP contribution in [-0.2, 0) is 11.2 Å². The molecule has 5 rings (SSSR count). The number of nitro groups is 1. The Morgan fingerprint density at radius 1 is 1.23 bits per heavy atom. The van der Waals surface area contributed by atoms with Gasteiger partial charge in [0.15, 0.2) is 11.2 Å². The molecule has 0 saturated carbocycles. The number of furan rings is 1. The van der Waals surface area contributed by atoms with Crippen molar-refractivity contribution < 1.29 is 33.1 Å². The van der Waals surface area contributed by atoms with E-state index >= 15 is 0 Å². The van der Waals surface area contributed by atoms with Crippen LogP contribution in [0.3, 0.4) is 0 Å². The minimum absolute atomic E-state index is 0.00958. The number of ether oxygens (including phenoxy) is 2. The Bertz CT molecular complexity index is 1360. The molecule has 2 aromatic heterocycles. The van der Waals surface area contributed by atoms with Gasteiger partial charge in [0.05, 0.1) is 25.4 Å². The highest BCUT2D eigenvalue weighted by Crippen LogP contribution is 2.38. The second-order valence-corrected chi connectivity index (χ2v) is 8.17. The van der Waals surface area contributed by atoms with Crippen molar-refractivity contribution in [1.29, 1.82) is 0 Å². The lowest BCUT2D eigenvalue weighted by Gasteiger charge is -2.11. The monoisotopic (exact) mass is 485 g/mol. The number of carbonyl (C=O) groups excluding carboxylic acids is 1. The van der Waals surface area contributed by atoms with Crippen LogP contribution in [0.25, 0.3) is 11.0 Å². The number of fused-ring (bicyclic) bond motifs is 2. The maximum absolute atomic E-state index is 12.0. The Kier molecular flexibility index (Phi) is 6.71. The van der Waals surface area contributed by atoms with E-state index in [1.807, 2.05) is 0 Å². The number of benzene rings is 1. The molecule has 1 unspecified atom stereocenters. The first kappa shape index (κ1) is 23.8. The van der Waals surface area contributed by atoms with Crippen LogP contribution in [0, 0.1) is 23.0 Å². The minimum atomic E-state index is -0.651. The molecule has 1 amide bonds. The van der Waals surface area contributed by atoms with E-state index in [1.165, 1.54) is 24.4 Å². The summed E-state index contributed by atoms with van der Waals surface area (Å²) in [5.74, 6) is 1.43. The van der Waals surface area contributed by atoms with Gasteiger partial charge in [0.1, 0.15) is 39.8 Å². The number of nitrogens with zero attached hydrogens (tertiary/aromatic N) is 3. The second kappa shape index (κ2) is 9.87. The molecule has 12 heteroatoms. The summed E-state index contributed by atoms with van der Waals surface area (Å²) in [5, 5.41) is 25.8. The largest absolute Gasteiger partial charge is 0.507 e. The van der Waals surface area contributed by atoms with E-state index in [2.05, 4.69) is 16.8 Å². The third-order valence-corrected chi connectivity index (χ3v) is 5.45. The van der Waals surface area contributed by atoms with Gasteiger partial charge in [-0.05, 0) is 31.7 Å². The number of aromatic hydroxyl groups is 1. The zero-order chi connectivity index (χ0) is 25.1. The lowest BCUT2D eigenvalue weighted by Crippen LogP contribution is -2.17. The van der Waals surface area contributed by atoms with Crippen LogP contribution in [0.2, 0.25) is 0 Å². The first-order valence-corrected chi connectivity index (χ1v) is 10.9. The normalized spacial score (nSPS) is 17.4. The van der Waals surface area contributed by atoms with Crippen LogP contribution < -0.4 is 10.2 Å². The van der Waals surface area contributed by atoms with Crippen LogP contribution in [0.5, 0.6) is 11.5 Å². The molecule has 184 valence electrons. The van der Waals surface area contributed by atoms with Gasteiger partial charge in [-0.15, -0.1) is 0 Å².